The van der Waals surface area contributed by atoms with E-state index in [-0.39, 0.29) is 0 Å². The van der Waals surface area contributed by atoms with Crippen LogP contribution in [0.25, 0.3) is 0 Å². The lowest BCUT2D eigenvalue weighted by Gasteiger charge is -2.29. The first-order valence-corrected chi connectivity index (χ1v) is 5.01. The minimum atomic E-state index is 0.537. The minimum absolute atomic E-state index is 0.537. The van der Waals surface area contributed by atoms with E-state index >= 15 is 0 Å². The molecule has 0 aromatic heterocycles. The van der Waals surface area contributed by atoms with E-state index in [1.165, 1.54) is 32.1 Å². The molecular formula is C10H19N. The molecule has 4 atom stereocenters. The molecule has 2 N–H and O–H groups in total. The van der Waals surface area contributed by atoms with Gasteiger partial charge in [-0.3, -0.25) is 0 Å². The fraction of sp³-hybridized carbons (Fsp3) is 1.00. The summed E-state index contributed by atoms with van der Waals surface area (Å²) in [7, 11) is 0. The lowest BCUT2D eigenvalue weighted by atomic mass is 9.77. The van der Waals surface area contributed by atoms with Gasteiger partial charge < -0.3 is 5.73 Å². The van der Waals surface area contributed by atoms with Crippen LogP contribution in [0.4, 0.5) is 0 Å². The van der Waals surface area contributed by atoms with Crippen LogP contribution in [0.2, 0.25) is 0 Å². The second-order valence-corrected chi connectivity index (χ2v) is 4.67. The molecule has 2 saturated carbocycles. The zero-order valence-electron chi connectivity index (χ0n) is 7.42. The third kappa shape index (κ3) is 1.44. The van der Waals surface area contributed by atoms with Crippen molar-refractivity contribution in [3.8, 4) is 0 Å². The van der Waals surface area contributed by atoms with Crippen molar-refractivity contribution in [2.45, 2.75) is 45.1 Å². The standard InChI is InChI=1S/C10H19N/c1-7-2-3-8-5-10(11)6-9(8)4-7/h7-10H,2-6,11H2,1H3/t7?,8?,9?,10-/m1/s1. The van der Waals surface area contributed by atoms with E-state index in [0.29, 0.717) is 6.04 Å². The van der Waals surface area contributed by atoms with Gasteiger partial charge in [0.15, 0.2) is 0 Å². The molecule has 2 fully saturated rings. The zero-order chi connectivity index (χ0) is 7.84. The molecule has 0 heterocycles. The Balaban J connectivity index is 1.97. The molecule has 64 valence electrons. The van der Waals surface area contributed by atoms with Crippen LogP contribution in [0.3, 0.4) is 0 Å². The Bertz CT molecular complexity index is 144. The Morgan fingerprint density at radius 2 is 1.73 bits per heavy atom. The molecule has 0 saturated heterocycles. The van der Waals surface area contributed by atoms with Crippen LogP contribution in [-0.4, -0.2) is 6.04 Å². The summed E-state index contributed by atoms with van der Waals surface area (Å²) in [6.07, 6.45) is 7.00. The highest BCUT2D eigenvalue weighted by molar-refractivity contribution is 4.89. The molecule has 1 heteroatoms. The Labute approximate surface area is 69.4 Å². The Kier molecular flexibility index (Phi) is 1.92. The predicted molar refractivity (Wildman–Crippen MR) is 47.2 cm³/mol. The lowest BCUT2D eigenvalue weighted by molar-refractivity contribution is 0.220. The largest absolute Gasteiger partial charge is 0.328 e. The normalized spacial score (nSPS) is 50.7. The molecule has 11 heavy (non-hydrogen) atoms. The van der Waals surface area contributed by atoms with Gasteiger partial charge in [0.1, 0.15) is 0 Å². The van der Waals surface area contributed by atoms with Crippen molar-refractivity contribution in [2.75, 3.05) is 0 Å². The molecular weight excluding hydrogens is 134 g/mol. The van der Waals surface area contributed by atoms with E-state index in [9.17, 15) is 0 Å². The third-order valence-electron chi connectivity index (χ3n) is 3.61. The quantitative estimate of drug-likeness (QED) is 0.567. The van der Waals surface area contributed by atoms with Crippen LogP contribution in [0.5, 0.6) is 0 Å². The average Bonchev–Trinajstić information content (AvgIpc) is 2.27. The lowest BCUT2D eigenvalue weighted by Crippen LogP contribution is -2.18. The number of hydrogen-bond donors (Lipinski definition) is 1. The first-order valence-electron chi connectivity index (χ1n) is 5.01. The smallest absolute Gasteiger partial charge is 0.00443 e. The van der Waals surface area contributed by atoms with Crippen LogP contribution < -0.4 is 5.73 Å². The summed E-state index contributed by atoms with van der Waals surface area (Å²) in [5.41, 5.74) is 5.94. The fourth-order valence-corrected chi connectivity index (χ4v) is 3.03. The van der Waals surface area contributed by atoms with Crippen LogP contribution in [-0.2, 0) is 0 Å². The molecule has 0 aromatic rings. The molecule has 1 nitrogen and oxygen atoms in total. The Morgan fingerprint density at radius 1 is 1.00 bits per heavy atom. The maximum absolute atomic E-state index is 5.94. The highest BCUT2D eigenvalue weighted by atomic mass is 14.7. The van der Waals surface area contributed by atoms with Gasteiger partial charge in [-0.2, -0.15) is 0 Å². The summed E-state index contributed by atoms with van der Waals surface area (Å²) in [6, 6.07) is 0.537. The van der Waals surface area contributed by atoms with E-state index in [2.05, 4.69) is 6.92 Å². The van der Waals surface area contributed by atoms with Crippen molar-refractivity contribution in [2.24, 2.45) is 23.5 Å². The van der Waals surface area contributed by atoms with Crippen molar-refractivity contribution in [1.82, 2.24) is 0 Å². The van der Waals surface area contributed by atoms with Crippen LogP contribution in [0, 0.1) is 17.8 Å². The van der Waals surface area contributed by atoms with Crippen LogP contribution in [0.15, 0.2) is 0 Å². The second kappa shape index (κ2) is 2.78. The number of rotatable bonds is 0. The molecule has 2 aliphatic carbocycles. The molecule has 0 amide bonds. The Hall–Kier alpha value is -0.0400. The highest BCUT2D eigenvalue weighted by Crippen LogP contribution is 2.43. The van der Waals surface area contributed by atoms with Crippen LogP contribution in [0.1, 0.15) is 39.0 Å². The second-order valence-electron chi connectivity index (χ2n) is 4.67. The van der Waals surface area contributed by atoms with Crippen molar-refractivity contribution in [3.05, 3.63) is 0 Å². The molecule has 2 rings (SSSR count). The van der Waals surface area contributed by atoms with Gasteiger partial charge in [-0.1, -0.05) is 13.3 Å². The molecule has 0 aromatic carbocycles. The number of fused-ring (bicyclic) bond motifs is 1. The van der Waals surface area contributed by atoms with E-state index in [1.54, 1.807) is 0 Å². The van der Waals surface area contributed by atoms with Gasteiger partial charge in [0, 0.05) is 6.04 Å². The molecule has 3 unspecified atom stereocenters. The third-order valence-corrected chi connectivity index (χ3v) is 3.61. The van der Waals surface area contributed by atoms with Crippen molar-refractivity contribution in [3.63, 3.8) is 0 Å². The van der Waals surface area contributed by atoms with E-state index < -0.39 is 0 Å². The summed E-state index contributed by atoms with van der Waals surface area (Å²) in [6.45, 7) is 2.39. The number of hydrogen-bond acceptors (Lipinski definition) is 1. The van der Waals surface area contributed by atoms with E-state index in [1.807, 2.05) is 0 Å². The topological polar surface area (TPSA) is 26.0 Å². The Morgan fingerprint density at radius 3 is 2.55 bits per heavy atom. The highest BCUT2D eigenvalue weighted by Gasteiger charge is 2.35. The average molecular weight is 153 g/mol. The summed E-state index contributed by atoms with van der Waals surface area (Å²) in [5.74, 6) is 2.97. The minimum Gasteiger partial charge on any atom is -0.328 e. The van der Waals surface area contributed by atoms with Gasteiger partial charge in [-0.25, -0.2) is 0 Å². The van der Waals surface area contributed by atoms with Gasteiger partial charge in [0.2, 0.25) is 0 Å². The predicted octanol–water partition coefficient (Wildman–Crippen LogP) is 2.16. The fourth-order valence-electron chi connectivity index (χ4n) is 3.03. The monoisotopic (exact) mass is 153 g/mol. The van der Waals surface area contributed by atoms with Gasteiger partial charge in [0.05, 0.1) is 0 Å². The van der Waals surface area contributed by atoms with E-state index in [0.717, 1.165) is 17.8 Å². The zero-order valence-corrected chi connectivity index (χ0v) is 7.42. The van der Waals surface area contributed by atoms with Crippen molar-refractivity contribution < 1.29 is 0 Å². The van der Waals surface area contributed by atoms with Crippen LogP contribution >= 0.6 is 0 Å². The van der Waals surface area contributed by atoms with Crippen molar-refractivity contribution in [1.29, 1.82) is 0 Å². The molecule has 0 bridgehead atoms. The summed E-state index contributed by atoms with van der Waals surface area (Å²) in [4.78, 5) is 0. The molecule has 0 radical (unpaired) electrons. The summed E-state index contributed by atoms with van der Waals surface area (Å²) in [5, 5.41) is 0. The molecule has 2 aliphatic rings. The first kappa shape index (κ1) is 7.60. The van der Waals surface area contributed by atoms with Gasteiger partial charge >= 0.3 is 0 Å². The summed E-state index contributed by atoms with van der Waals surface area (Å²) < 4.78 is 0. The first-order chi connectivity index (χ1) is 5.25. The van der Waals surface area contributed by atoms with Gasteiger partial charge in [-0.05, 0) is 43.4 Å². The number of nitrogens with two attached hydrogens (primary N) is 1. The van der Waals surface area contributed by atoms with Gasteiger partial charge in [0.25, 0.3) is 0 Å². The summed E-state index contributed by atoms with van der Waals surface area (Å²) >= 11 is 0. The maximum Gasteiger partial charge on any atom is 0.00443 e. The molecule has 0 aliphatic heterocycles. The molecule has 0 spiro atoms. The van der Waals surface area contributed by atoms with Crippen molar-refractivity contribution >= 4 is 0 Å². The maximum atomic E-state index is 5.94. The SMILES string of the molecule is CC1CCC2C[C@@H](N)CC2C1. The van der Waals surface area contributed by atoms with Gasteiger partial charge in [-0.15, -0.1) is 0 Å². The van der Waals surface area contributed by atoms with E-state index in [4.69, 9.17) is 5.73 Å².